The third-order valence-corrected chi connectivity index (χ3v) is 3.87. The van der Waals surface area contributed by atoms with E-state index in [2.05, 4.69) is 5.32 Å². The predicted molar refractivity (Wildman–Crippen MR) is 93.1 cm³/mol. The van der Waals surface area contributed by atoms with Crippen LogP contribution in [0.3, 0.4) is 0 Å². The van der Waals surface area contributed by atoms with Gasteiger partial charge >= 0.3 is 5.97 Å². The number of carbonyl (C=O) groups excluding carboxylic acids is 1. The molecule has 148 valence electrons. The first-order valence-electron chi connectivity index (χ1n) is 7.93. The summed E-state index contributed by atoms with van der Waals surface area (Å²) >= 11 is 4.76. The maximum absolute atomic E-state index is 11.5. The molecular weight excluding hydrogens is 368 g/mol. The molecule has 0 saturated heterocycles. The van der Waals surface area contributed by atoms with Crippen molar-refractivity contribution in [2.75, 3.05) is 13.2 Å². The number of hydrogen-bond acceptors (Lipinski definition) is 8. The van der Waals surface area contributed by atoms with Crippen molar-refractivity contribution in [2.45, 2.75) is 50.2 Å². The van der Waals surface area contributed by atoms with Gasteiger partial charge in [-0.3, -0.25) is 4.79 Å². The fraction of sp³-hybridized carbons (Fsp3) is 0.667. The first-order chi connectivity index (χ1) is 12.2. The summed E-state index contributed by atoms with van der Waals surface area (Å²) in [6, 6.07) is -0.989. The number of thiocarbonyl (C=S) groups is 1. The Hall–Kier alpha value is -1.79. The van der Waals surface area contributed by atoms with Gasteiger partial charge in [0.2, 0.25) is 11.7 Å². The van der Waals surface area contributed by atoms with Crippen molar-refractivity contribution >= 4 is 29.1 Å². The van der Waals surface area contributed by atoms with E-state index in [1.165, 1.54) is 6.92 Å². The lowest BCUT2D eigenvalue weighted by Gasteiger charge is -2.39. The maximum atomic E-state index is 11.5. The summed E-state index contributed by atoms with van der Waals surface area (Å²) in [4.78, 5) is 23.1. The van der Waals surface area contributed by atoms with Crippen molar-refractivity contribution in [2.24, 2.45) is 5.73 Å². The molecule has 0 aromatic carbocycles. The highest BCUT2D eigenvalue weighted by Crippen LogP contribution is 2.25. The van der Waals surface area contributed by atoms with Gasteiger partial charge in [0.15, 0.2) is 6.10 Å². The zero-order valence-electron chi connectivity index (χ0n) is 14.2. The first-order valence-corrected chi connectivity index (χ1v) is 8.34. The molecule has 0 fully saturated rings. The third kappa shape index (κ3) is 6.50. The minimum absolute atomic E-state index is 0.160. The number of hydrogen-bond donors (Lipinski definition) is 6. The van der Waals surface area contributed by atoms with Crippen molar-refractivity contribution in [3.05, 3.63) is 11.8 Å². The zero-order chi connectivity index (χ0) is 19.9. The molecular formula is C15H24N2O8S. The van der Waals surface area contributed by atoms with Crippen LogP contribution in [0, 0.1) is 0 Å². The van der Waals surface area contributed by atoms with Gasteiger partial charge in [0.25, 0.3) is 0 Å². The molecule has 26 heavy (non-hydrogen) atoms. The SMILES string of the molecule is CC(=O)N[C@H]1[C@H]([C@H](O)[C@H](O)CO)OC(C(=O)O)=C[C@@H]1OCCCC(N)=S. The van der Waals surface area contributed by atoms with E-state index in [-0.39, 0.29) is 6.61 Å². The van der Waals surface area contributed by atoms with Crippen LogP contribution in [-0.4, -0.2) is 81.0 Å². The van der Waals surface area contributed by atoms with Crippen molar-refractivity contribution < 1.29 is 39.5 Å². The Morgan fingerprint density at radius 3 is 2.62 bits per heavy atom. The molecule has 1 heterocycles. The lowest BCUT2D eigenvalue weighted by Crippen LogP contribution is -2.60. The Bertz CT molecular complexity index is 556. The van der Waals surface area contributed by atoms with Gasteiger partial charge in [-0.1, -0.05) is 12.2 Å². The van der Waals surface area contributed by atoms with Crippen molar-refractivity contribution in [1.29, 1.82) is 0 Å². The van der Waals surface area contributed by atoms with Crippen molar-refractivity contribution in [1.82, 2.24) is 5.32 Å². The van der Waals surface area contributed by atoms with Gasteiger partial charge in [-0.25, -0.2) is 4.79 Å². The molecule has 1 aliphatic rings. The molecule has 0 bridgehead atoms. The molecule has 0 aliphatic carbocycles. The number of carbonyl (C=O) groups is 2. The molecule has 0 radical (unpaired) electrons. The normalized spacial score (nSPS) is 24.8. The minimum Gasteiger partial charge on any atom is -0.478 e. The summed E-state index contributed by atoms with van der Waals surface area (Å²) in [5.41, 5.74) is 5.40. The second-order valence-electron chi connectivity index (χ2n) is 5.79. The van der Waals surface area contributed by atoms with Crippen LogP contribution in [0.4, 0.5) is 0 Å². The highest BCUT2D eigenvalue weighted by atomic mass is 32.1. The van der Waals surface area contributed by atoms with E-state index in [0.717, 1.165) is 6.08 Å². The van der Waals surface area contributed by atoms with Crippen LogP contribution in [0.25, 0.3) is 0 Å². The van der Waals surface area contributed by atoms with Crippen LogP contribution < -0.4 is 11.1 Å². The molecule has 5 atom stereocenters. The number of nitrogens with one attached hydrogen (secondary N) is 1. The highest BCUT2D eigenvalue weighted by molar-refractivity contribution is 7.80. The fourth-order valence-electron chi connectivity index (χ4n) is 2.45. The number of carboxylic acids is 1. The zero-order valence-corrected chi connectivity index (χ0v) is 15.0. The summed E-state index contributed by atoms with van der Waals surface area (Å²) in [6.07, 6.45) is -3.50. The second-order valence-corrected chi connectivity index (χ2v) is 6.32. The molecule has 0 aromatic rings. The number of aliphatic carboxylic acids is 1. The van der Waals surface area contributed by atoms with E-state index in [4.69, 9.17) is 32.5 Å². The summed E-state index contributed by atoms with van der Waals surface area (Å²) < 4.78 is 10.8. The lowest BCUT2D eigenvalue weighted by atomic mass is 9.93. The number of aliphatic hydroxyl groups is 3. The Labute approximate surface area is 155 Å². The number of amides is 1. The number of nitrogens with two attached hydrogens (primary N) is 1. The number of rotatable bonds is 10. The summed E-state index contributed by atoms with van der Waals surface area (Å²) in [6.45, 7) is 0.610. The first kappa shape index (κ1) is 22.3. The molecule has 11 heteroatoms. The van der Waals surface area contributed by atoms with E-state index in [1.54, 1.807) is 0 Å². The average molecular weight is 392 g/mol. The van der Waals surface area contributed by atoms with E-state index < -0.39 is 54.7 Å². The summed E-state index contributed by atoms with van der Waals surface area (Å²) in [7, 11) is 0. The van der Waals surface area contributed by atoms with E-state index in [1.807, 2.05) is 0 Å². The molecule has 1 amide bonds. The van der Waals surface area contributed by atoms with Gasteiger partial charge in [-0.15, -0.1) is 0 Å². The fourth-order valence-corrected chi connectivity index (χ4v) is 2.59. The standard InChI is InChI=1S/C15H24N2O8S/c1-7(19)17-12-9(24-4-2-3-11(16)26)5-10(15(22)23)25-14(12)13(21)8(20)6-18/h5,8-9,12-14,18,20-21H,2-4,6H2,1H3,(H2,16,26)(H,17,19)(H,22,23)/t8-,9+,12-,13-,14-/m1/s1. The Balaban J connectivity index is 3.04. The van der Waals surface area contributed by atoms with Gasteiger partial charge in [-0.2, -0.15) is 0 Å². The van der Waals surface area contributed by atoms with Crippen molar-refractivity contribution in [3.63, 3.8) is 0 Å². The molecule has 7 N–H and O–H groups in total. The van der Waals surface area contributed by atoms with Crippen molar-refractivity contribution in [3.8, 4) is 0 Å². The van der Waals surface area contributed by atoms with Gasteiger partial charge in [0, 0.05) is 13.5 Å². The molecule has 1 rings (SSSR count). The molecule has 0 unspecified atom stereocenters. The van der Waals surface area contributed by atoms with Gasteiger partial charge < -0.3 is 41.0 Å². The Morgan fingerprint density at radius 2 is 2.12 bits per heavy atom. The van der Waals surface area contributed by atoms with Crippen LogP contribution in [-0.2, 0) is 19.1 Å². The van der Waals surface area contributed by atoms with Crippen LogP contribution in [0.1, 0.15) is 19.8 Å². The number of carboxylic acid groups (broad SMARTS) is 1. The molecule has 10 nitrogen and oxygen atoms in total. The summed E-state index contributed by atoms with van der Waals surface area (Å²) in [5.74, 6) is -2.38. The largest absolute Gasteiger partial charge is 0.478 e. The van der Waals surface area contributed by atoms with Gasteiger partial charge in [-0.05, 0) is 18.9 Å². The van der Waals surface area contributed by atoms with Crippen LogP contribution in [0.15, 0.2) is 11.8 Å². The minimum atomic E-state index is -1.66. The lowest BCUT2D eigenvalue weighted by molar-refractivity contribution is -0.151. The average Bonchev–Trinajstić information content (AvgIpc) is 2.57. The molecule has 0 saturated carbocycles. The molecule has 1 aliphatic heterocycles. The van der Waals surface area contributed by atoms with E-state index in [9.17, 15) is 24.9 Å². The predicted octanol–water partition coefficient (Wildman–Crippen LogP) is -1.98. The maximum Gasteiger partial charge on any atom is 0.370 e. The van der Waals surface area contributed by atoms with E-state index in [0.29, 0.717) is 17.8 Å². The monoisotopic (exact) mass is 392 g/mol. The second kappa shape index (κ2) is 10.4. The highest BCUT2D eigenvalue weighted by Gasteiger charge is 2.44. The van der Waals surface area contributed by atoms with E-state index >= 15 is 0 Å². The topological polar surface area (TPSA) is 172 Å². The third-order valence-electron chi connectivity index (χ3n) is 3.66. The number of ether oxygens (including phenoxy) is 2. The Morgan fingerprint density at radius 1 is 1.46 bits per heavy atom. The van der Waals surface area contributed by atoms with Crippen LogP contribution in [0.2, 0.25) is 0 Å². The van der Waals surface area contributed by atoms with Crippen LogP contribution >= 0.6 is 12.2 Å². The number of aliphatic hydroxyl groups excluding tert-OH is 3. The summed E-state index contributed by atoms with van der Waals surface area (Å²) in [5, 5.41) is 40.6. The van der Waals surface area contributed by atoms with Crippen LogP contribution in [0.5, 0.6) is 0 Å². The van der Waals surface area contributed by atoms with Gasteiger partial charge in [0.05, 0.1) is 17.6 Å². The Kier molecular flexibility index (Phi) is 8.88. The quantitative estimate of drug-likeness (QED) is 0.181. The smallest absolute Gasteiger partial charge is 0.370 e. The molecule has 0 aromatic heterocycles. The van der Waals surface area contributed by atoms with Gasteiger partial charge in [0.1, 0.15) is 18.3 Å². The molecule has 0 spiro atoms.